The number of benzene rings is 8. The average Bonchev–Trinajstić information content (AvgIpc) is 3.47. The first-order valence-electron chi connectivity index (χ1n) is 30.6. The minimum Gasteiger partial charge on any atom is -0.381 e. The summed E-state index contributed by atoms with van der Waals surface area (Å²) in [6, 6.07) is 63.0. The fraction of sp³-hybridized carbons (Fsp3) is 0.421. The summed E-state index contributed by atoms with van der Waals surface area (Å²) in [6.45, 7) is 8.23. The van der Waals surface area contributed by atoms with Gasteiger partial charge in [-0.3, -0.25) is 0 Å². The number of fused-ring (bicyclic) bond motifs is 8. The molecule has 0 spiro atoms. The van der Waals surface area contributed by atoms with Gasteiger partial charge in [0.2, 0.25) is 0 Å². The lowest BCUT2D eigenvalue weighted by atomic mass is 9.51. The van der Waals surface area contributed by atoms with E-state index >= 15 is 0 Å². The maximum absolute atomic E-state index is 5.41. The van der Waals surface area contributed by atoms with Gasteiger partial charge in [0.1, 0.15) is 0 Å². The van der Waals surface area contributed by atoms with Crippen LogP contribution in [0.3, 0.4) is 0 Å². The van der Waals surface area contributed by atoms with Crippen LogP contribution in [0.4, 0.5) is 0 Å². The van der Waals surface area contributed by atoms with Crippen molar-refractivity contribution in [3.8, 4) is 11.1 Å². The van der Waals surface area contributed by atoms with E-state index in [1.54, 1.807) is 11.1 Å². The summed E-state index contributed by atoms with van der Waals surface area (Å²) in [5, 5.41) is 5.66. The van der Waals surface area contributed by atoms with E-state index in [0.717, 1.165) is 52.1 Å². The molecule has 78 heavy (non-hydrogen) atoms. The van der Waals surface area contributed by atoms with Crippen molar-refractivity contribution in [1.29, 1.82) is 0 Å². The second-order valence-electron chi connectivity index (χ2n) is 27.2. The molecule has 0 aromatic heterocycles. The fourth-order valence-corrected chi connectivity index (χ4v) is 16.3. The smallest absolute Gasteiger partial charge is 0.0519 e. The molecule has 8 aliphatic rings. The molecule has 4 bridgehead atoms. The summed E-state index contributed by atoms with van der Waals surface area (Å²) in [6.07, 6.45) is 25.4. The molecule has 8 fully saturated rings. The Balaban J connectivity index is 0.662. The van der Waals surface area contributed by atoms with E-state index in [9.17, 15) is 0 Å². The van der Waals surface area contributed by atoms with Crippen LogP contribution in [-0.4, -0.2) is 26.4 Å². The topological polar surface area (TPSA) is 18.5 Å². The normalized spacial score (nSPS) is 24.9. The van der Waals surface area contributed by atoms with Crippen molar-refractivity contribution in [2.75, 3.05) is 26.4 Å². The summed E-state index contributed by atoms with van der Waals surface area (Å²) >= 11 is 0. The molecule has 0 unspecified atom stereocenters. The monoisotopic (exact) mass is 1030 g/mol. The van der Waals surface area contributed by atoms with Gasteiger partial charge in [0.15, 0.2) is 0 Å². The first kappa shape index (κ1) is 50.4. The quantitative estimate of drug-likeness (QED) is 0.0905. The molecule has 0 radical (unpaired) electrons. The van der Waals surface area contributed by atoms with E-state index in [-0.39, 0.29) is 0 Å². The maximum Gasteiger partial charge on any atom is 0.0519 e. The maximum atomic E-state index is 5.41. The largest absolute Gasteiger partial charge is 0.381 e. The molecule has 0 atom stereocenters. The van der Waals surface area contributed by atoms with Gasteiger partial charge in [-0.15, -0.1) is 0 Å². The number of hydrogen-bond acceptors (Lipinski definition) is 2. The first-order valence-corrected chi connectivity index (χ1v) is 30.6. The van der Waals surface area contributed by atoms with Crippen molar-refractivity contribution in [3.05, 3.63) is 224 Å². The zero-order valence-corrected chi connectivity index (χ0v) is 47.0. The van der Waals surface area contributed by atoms with Crippen LogP contribution in [0, 0.1) is 47.3 Å². The Morgan fingerprint density at radius 1 is 0.333 bits per heavy atom. The zero-order valence-electron chi connectivity index (χ0n) is 47.0. The van der Waals surface area contributed by atoms with E-state index in [1.807, 2.05) is 0 Å². The molecule has 6 saturated carbocycles. The molecule has 2 saturated heterocycles. The van der Waals surface area contributed by atoms with Gasteiger partial charge in [0, 0.05) is 11.8 Å². The number of hydrogen-bond donors (Lipinski definition) is 0. The lowest BCUT2D eigenvalue weighted by Crippen LogP contribution is -2.43. The van der Waals surface area contributed by atoms with Crippen molar-refractivity contribution >= 4 is 21.5 Å². The highest BCUT2D eigenvalue weighted by Crippen LogP contribution is 2.61. The average molecular weight is 1030 g/mol. The van der Waals surface area contributed by atoms with Gasteiger partial charge in [-0.05, 0) is 252 Å². The van der Waals surface area contributed by atoms with E-state index < -0.39 is 0 Å². The van der Waals surface area contributed by atoms with Crippen molar-refractivity contribution in [1.82, 2.24) is 0 Å². The summed E-state index contributed by atoms with van der Waals surface area (Å²) in [4.78, 5) is 0. The van der Waals surface area contributed by atoms with E-state index in [1.165, 1.54) is 191 Å². The molecule has 2 heterocycles. The Labute approximate surface area is 466 Å². The summed E-state index contributed by atoms with van der Waals surface area (Å²) < 4.78 is 10.8. The SMILES string of the molecule is Cc1ccc2c(-c3c(CC45CCC(Cc6ccc(Cc7ccc(CC8COC8)cc7)cc6)(CC4)CC5)ccc4cc(C)ccc34)cc(CC34CCC(Cc5ccc(Cc6ccc(CC7COC7)cc6)cc5)(CC3)CC4)cc2c1. The Hall–Kier alpha value is -5.80. The summed E-state index contributed by atoms with van der Waals surface area (Å²) in [5.41, 5.74) is 22.1. The molecule has 398 valence electrons. The molecule has 2 nitrogen and oxygen atoms in total. The van der Waals surface area contributed by atoms with Crippen molar-refractivity contribution in [2.45, 2.75) is 142 Å². The zero-order chi connectivity index (χ0) is 52.3. The summed E-state index contributed by atoms with van der Waals surface area (Å²) in [7, 11) is 0. The standard InChI is InChI=1S/C76H82O2/c1-53-4-24-70-66(37-53)21-22-67(48-76-34-31-74(32-35-76,33-36-76)46-62-19-15-58(16-20-62)40-56-7-11-60(12-8-56)42-65-51-78-52-65)72(70)71-44-63(43-68-38-54(2)3-23-69(68)71)47-75-28-25-73(26-29-75,27-30-75)45-61-17-13-57(14-18-61)39-55-5-9-59(10-6-55)41-64-49-77-50-64/h3-24,37-38,43-44,64-65H,25-36,39-42,45-52H2,1-2H3. The summed E-state index contributed by atoms with van der Waals surface area (Å²) in [5.74, 6) is 1.41. The van der Waals surface area contributed by atoms with Crippen LogP contribution in [0.15, 0.2) is 158 Å². The van der Waals surface area contributed by atoms with E-state index in [4.69, 9.17) is 9.47 Å². The van der Waals surface area contributed by atoms with Gasteiger partial charge in [-0.1, -0.05) is 169 Å². The molecule has 16 rings (SSSR count). The highest BCUT2D eigenvalue weighted by molar-refractivity contribution is 6.07. The van der Waals surface area contributed by atoms with Crippen molar-refractivity contribution < 1.29 is 9.47 Å². The van der Waals surface area contributed by atoms with E-state index in [2.05, 4.69) is 172 Å². The molecule has 0 amide bonds. The van der Waals surface area contributed by atoms with Crippen LogP contribution < -0.4 is 0 Å². The fourth-order valence-electron chi connectivity index (χ4n) is 16.3. The minimum absolute atomic E-state index is 0.375. The van der Waals surface area contributed by atoms with E-state index in [0.29, 0.717) is 33.5 Å². The van der Waals surface area contributed by atoms with Crippen LogP contribution in [0.2, 0.25) is 0 Å². The number of ether oxygens (including phenoxy) is 2. The van der Waals surface area contributed by atoms with Crippen molar-refractivity contribution in [3.63, 3.8) is 0 Å². The third kappa shape index (κ3) is 10.5. The van der Waals surface area contributed by atoms with Gasteiger partial charge in [-0.2, -0.15) is 0 Å². The molecule has 2 heteroatoms. The molecule has 8 aromatic carbocycles. The van der Waals surface area contributed by atoms with Gasteiger partial charge in [0.05, 0.1) is 26.4 Å². The highest BCUT2D eigenvalue weighted by atomic mass is 16.5. The third-order valence-corrected chi connectivity index (χ3v) is 21.5. The van der Waals surface area contributed by atoms with Crippen LogP contribution in [0.5, 0.6) is 0 Å². The number of rotatable bonds is 17. The van der Waals surface area contributed by atoms with Crippen molar-refractivity contribution in [2.24, 2.45) is 33.5 Å². The van der Waals surface area contributed by atoms with Gasteiger partial charge < -0.3 is 9.47 Å². The highest BCUT2D eigenvalue weighted by Gasteiger charge is 2.50. The lowest BCUT2D eigenvalue weighted by molar-refractivity contribution is -0.0312. The molecule has 8 aromatic rings. The van der Waals surface area contributed by atoms with Crippen LogP contribution in [0.1, 0.15) is 144 Å². The second-order valence-corrected chi connectivity index (χ2v) is 27.2. The Kier molecular flexibility index (Phi) is 13.4. The third-order valence-electron chi connectivity index (χ3n) is 21.5. The predicted octanol–water partition coefficient (Wildman–Crippen LogP) is 18.1. The second kappa shape index (κ2) is 20.7. The molecular formula is C76H82O2. The predicted molar refractivity (Wildman–Crippen MR) is 324 cm³/mol. The van der Waals surface area contributed by atoms with Crippen LogP contribution >= 0.6 is 0 Å². The van der Waals surface area contributed by atoms with Gasteiger partial charge in [-0.25, -0.2) is 0 Å². The Morgan fingerprint density at radius 3 is 1.13 bits per heavy atom. The Morgan fingerprint density at radius 2 is 0.705 bits per heavy atom. The Bertz CT molecular complexity index is 3390. The lowest BCUT2D eigenvalue weighted by Gasteiger charge is -2.54. The van der Waals surface area contributed by atoms with Crippen LogP contribution in [-0.2, 0) is 60.8 Å². The van der Waals surface area contributed by atoms with Gasteiger partial charge in [0.25, 0.3) is 0 Å². The van der Waals surface area contributed by atoms with Crippen LogP contribution in [0.25, 0.3) is 32.7 Å². The first-order chi connectivity index (χ1) is 38.1. The molecular weight excluding hydrogens is 945 g/mol. The molecule has 0 N–H and O–H groups in total. The molecule has 2 aliphatic heterocycles. The number of aryl methyl sites for hydroxylation is 2. The van der Waals surface area contributed by atoms with Gasteiger partial charge >= 0.3 is 0 Å². The minimum atomic E-state index is 0.375. The molecule has 6 aliphatic carbocycles.